The monoisotopic (exact) mass is 421 g/mol. The maximum Gasteiger partial charge on any atom is 0.352 e. The number of carboxylic acids is 1. The van der Waals surface area contributed by atoms with Crippen molar-refractivity contribution in [2.75, 3.05) is 12.3 Å². The van der Waals surface area contributed by atoms with Gasteiger partial charge in [0.05, 0.1) is 0 Å². The molecule has 0 aliphatic carbocycles. The molecule has 4 N–H and O–H groups in total. The highest BCUT2D eigenvalue weighted by Gasteiger charge is 2.54. The van der Waals surface area contributed by atoms with Gasteiger partial charge in [0.25, 0.3) is 11.8 Å². The number of rotatable bonds is 6. The molecule has 0 saturated carbocycles. The molecule has 146 valence electrons. The quantitative estimate of drug-likeness (QED) is 0.189. The standard InChI is InChI=1S/C16H15N5O5S2/c1-3-4-26-20-10(8-6-27-16(17)18-8)12(22)19-11-13(23)21-9(15(24)25)5-7(2)28-14(11)21/h1,5-7,11,14H,4H2,2H3,(H2,17,18)(H,19,22)(H,24,25)/b20-10+/t7?,11?,14-/m1/s1. The van der Waals surface area contributed by atoms with Crippen LogP contribution in [0.15, 0.2) is 22.3 Å². The van der Waals surface area contributed by atoms with Crippen LogP contribution < -0.4 is 11.1 Å². The first-order valence-corrected chi connectivity index (χ1v) is 9.75. The van der Waals surface area contributed by atoms with Crippen LogP contribution in [-0.4, -0.2) is 61.8 Å². The zero-order valence-corrected chi connectivity index (χ0v) is 16.1. The van der Waals surface area contributed by atoms with Crippen molar-refractivity contribution in [3.8, 4) is 12.3 Å². The number of thioether (sulfide) groups is 1. The Balaban J connectivity index is 1.78. The average molecular weight is 421 g/mol. The van der Waals surface area contributed by atoms with Crippen molar-refractivity contribution in [2.45, 2.75) is 23.6 Å². The number of hydrogen-bond acceptors (Lipinski definition) is 9. The first-order valence-electron chi connectivity index (χ1n) is 7.92. The van der Waals surface area contributed by atoms with Gasteiger partial charge in [0.1, 0.15) is 22.8 Å². The molecule has 0 bridgehead atoms. The van der Waals surface area contributed by atoms with E-state index in [1.165, 1.54) is 23.2 Å². The van der Waals surface area contributed by atoms with Crippen molar-refractivity contribution in [1.82, 2.24) is 15.2 Å². The Hall–Kier alpha value is -3.04. The Morgan fingerprint density at radius 2 is 2.32 bits per heavy atom. The molecule has 0 radical (unpaired) electrons. The van der Waals surface area contributed by atoms with Crippen molar-refractivity contribution in [3.05, 3.63) is 22.8 Å². The van der Waals surface area contributed by atoms with Crippen LogP contribution in [-0.2, 0) is 19.2 Å². The molecule has 10 nitrogen and oxygen atoms in total. The van der Waals surface area contributed by atoms with Gasteiger partial charge in [-0.05, 0) is 13.0 Å². The van der Waals surface area contributed by atoms with E-state index in [0.717, 1.165) is 16.2 Å². The van der Waals surface area contributed by atoms with E-state index < -0.39 is 29.2 Å². The number of hydrogen-bond donors (Lipinski definition) is 3. The van der Waals surface area contributed by atoms with Crippen molar-refractivity contribution in [2.24, 2.45) is 5.16 Å². The summed E-state index contributed by atoms with van der Waals surface area (Å²) in [7, 11) is 0. The molecule has 2 unspecified atom stereocenters. The second-order valence-electron chi connectivity index (χ2n) is 5.74. The van der Waals surface area contributed by atoms with Gasteiger partial charge in [-0.1, -0.05) is 11.1 Å². The first-order chi connectivity index (χ1) is 13.3. The average Bonchev–Trinajstić information content (AvgIpc) is 3.08. The Bertz CT molecular complexity index is 934. The molecule has 1 fully saturated rings. The number of carbonyl (C=O) groups is 3. The molecule has 1 saturated heterocycles. The fourth-order valence-electron chi connectivity index (χ4n) is 2.67. The number of carboxylic acid groups (broad SMARTS) is 1. The highest BCUT2D eigenvalue weighted by molar-refractivity contribution is 8.00. The number of nitrogens with zero attached hydrogens (tertiary/aromatic N) is 3. The third-order valence-corrected chi connectivity index (χ3v) is 5.84. The zero-order valence-electron chi connectivity index (χ0n) is 14.5. The predicted octanol–water partition coefficient (Wildman–Crippen LogP) is -0.164. The molecule has 3 heterocycles. The molecule has 3 rings (SSSR count). The zero-order chi connectivity index (χ0) is 20.4. The maximum atomic E-state index is 12.7. The van der Waals surface area contributed by atoms with Crippen LogP contribution in [0.25, 0.3) is 0 Å². The van der Waals surface area contributed by atoms with Crippen LogP contribution in [0.5, 0.6) is 0 Å². The van der Waals surface area contributed by atoms with Gasteiger partial charge in [-0.15, -0.1) is 29.5 Å². The van der Waals surface area contributed by atoms with E-state index in [4.69, 9.17) is 17.0 Å². The summed E-state index contributed by atoms with van der Waals surface area (Å²) in [5.74, 6) is -0.208. The number of oxime groups is 1. The van der Waals surface area contributed by atoms with Gasteiger partial charge in [-0.2, -0.15) is 0 Å². The summed E-state index contributed by atoms with van der Waals surface area (Å²) in [6.07, 6.45) is 6.60. The number of nitrogens with two attached hydrogens (primary N) is 1. The lowest BCUT2D eigenvalue weighted by Crippen LogP contribution is -2.71. The lowest BCUT2D eigenvalue weighted by atomic mass is 10.0. The topological polar surface area (TPSA) is 147 Å². The van der Waals surface area contributed by atoms with Gasteiger partial charge in [-0.25, -0.2) is 9.78 Å². The molecule has 3 atom stereocenters. The van der Waals surface area contributed by atoms with Crippen LogP contribution in [0, 0.1) is 12.3 Å². The smallest absolute Gasteiger partial charge is 0.352 e. The van der Waals surface area contributed by atoms with Crippen molar-refractivity contribution in [1.29, 1.82) is 0 Å². The second-order valence-corrected chi connectivity index (χ2v) is 8.13. The number of carbonyl (C=O) groups excluding carboxylic acids is 2. The summed E-state index contributed by atoms with van der Waals surface area (Å²) in [5, 5.41) is 16.7. The van der Waals surface area contributed by atoms with Crippen molar-refractivity contribution >= 4 is 51.7 Å². The number of fused-ring (bicyclic) bond motifs is 1. The minimum atomic E-state index is -1.20. The third kappa shape index (κ3) is 3.67. The van der Waals surface area contributed by atoms with E-state index in [-0.39, 0.29) is 34.1 Å². The highest BCUT2D eigenvalue weighted by atomic mass is 32.2. The highest BCUT2D eigenvalue weighted by Crippen LogP contribution is 2.40. The molecule has 1 aromatic rings. The number of aromatic nitrogens is 1. The fraction of sp³-hybridized carbons (Fsp3) is 0.312. The lowest BCUT2D eigenvalue weighted by molar-refractivity contribution is -0.150. The number of nitrogens with one attached hydrogen (secondary N) is 1. The molecule has 2 amide bonds. The van der Waals surface area contributed by atoms with Gasteiger partial charge in [0.15, 0.2) is 17.5 Å². The third-order valence-electron chi connectivity index (χ3n) is 3.84. The van der Waals surface area contributed by atoms with Gasteiger partial charge in [0.2, 0.25) is 0 Å². The number of aliphatic carboxylic acids is 1. The maximum absolute atomic E-state index is 12.7. The second kappa shape index (κ2) is 7.91. The number of terminal acetylenes is 1. The molecule has 2 aliphatic heterocycles. The Labute approximate surface area is 167 Å². The van der Waals surface area contributed by atoms with Gasteiger partial charge in [0, 0.05) is 10.6 Å². The fourth-order valence-corrected chi connectivity index (χ4v) is 4.55. The Morgan fingerprint density at radius 3 is 2.93 bits per heavy atom. The van der Waals surface area contributed by atoms with Crippen LogP contribution in [0.3, 0.4) is 0 Å². The first kappa shape index (κ1) is 19.7. The molecule has 0 aromatic carbocycles. The van der Waals surface area contributed by atoms with Crippen LogP contribution in [0.4, 0.5) is 5.13 Å². The number of anilines is 1. The molecule has 2 aliphatic rings. The predicted molar refractivity (Wildman–Crippen MR) is 103 cm³/mol. The molecular weight excluding hydrogens is 406 g/mol. The summed E-state index contributed by atoms with van der Waals surface area (Å²) in [6.45, 7) is 1.65. The Kier molecular flexibility index (Phi) is 5.57. The number of amides is 2. The van der Waals surface area contributed by atoms with E-state index in [1.54, 1.807) is 0 Å². The molecule has 28 heavy (non-hydrogen) atoms. The van der Waals surface area contributed by atoms with Crippen LogP contribution in [0.1, 0.15) is 12.6 Å². The summed E-state index contributed by atoms with van der Waals surface area (Å²) in [5.41, 5.74) is 5.50. The SMILES string of the molecule is C#CCO/N=C(/C(=O)NC1C(=O)N2C(C(=O)O)=CC(C)S[C@H]12)c1csc(N)n1. The lowest BCUT2D eigenvalue weighted by Gasteiger charge is -2.49. The number of nitrogen functional groups attached to an aromatic ring is 1. The van der Waals surface area contributed by atoms with Crippen molar-refractivity contribution < 1.29 is 24.3 Å². The largest absolute Gasteiger partial charge is 0.477 e. The minimum absolute atomic E-state index is 0.0923. The normalized spacial score (nSPS) is 23.8. The van der Waals surface area contributed by atoms with Gasteiger partial charge in [-0.3, -0.25) is 14.5 Å². The number of thiazole rings is 1. The summed E-state index contributed by atoms with van der Waals surface area (Å²) in [4.78, 5) is 46.6. The molecule has 12 heteroatoms. The molecule has 0 spiro atoms. The van der Waals surface area contributed by atoms with E-state index in [0.29, 0.717) is 0 Å². The van der Waals surface area contributed by atoms with E-state index in [1.807, 2.05) is 6.92 Å². The van der Waals surface area contributed by atoms with Gasteiger partial charge >= 0.3 is 5.97 Å². The number of β-lactam (4-membered cyclic amide) rings is 1. The molecular formula is C16H15N5O5S2. The summed E-state index contributed by atoms with van der Waals surface area (Å²) in [6, 6.07) is -0.906. The summed E-state index contributed by atoms with van der Waals surface area (Å²) >= 11 is 2.47. The van der Waals surface area contributed by atoms with Crippen LogP contribution in [0.2, 0.25) is 0 Å². The van der Waals surface area contributed by atoms with Crippen molar-refractivity contribution in [3.63, 3.8) is 0 Å². The van der Waals surface area contributed by atoms with E-state index in [9.17, 15) is 19.5 Å². The van der Waals surface area contributed by atoms with E-state index in [2.05, 4.69) is 21.4 Å². The Morgan fingerprint density at radius 1 is 1.57 bits per heavy atom. The van der Waals surface area contributed by atoms with Crippen LogP contribution >= 0.6 is 23.1 Å². The summed E-state index contributed by atoms with van der Waals surface area (Å²) < 4.78 is 0. The minimum Gasteiger partial charge on any atom is -0.477 e. The van der Waals surface area contributed by atoms with E-state index >= 15 is 0 Å². The van der Waals surface area contributed by atoms with Gasteiger partial charge < -0.3 is 21.0 Å². The molecule has 1 aromatic heterocycles.